The quantitative estimate of drug-likeness (QED) is 0.881. The fraction of sp³-hybridized carbons (Fsp3) is 0.267. The number of thiazole rings is 1. The summed E-state index contributed by atoms with van der Waals surface area (Å²) in [6.07, 6.45) is 1.35. The van der Waals surface area contributed by atoms with Crippen LogP contribution in [0.2, 0.25) is 0 Å². The van der Waals surface area contributed by atoms with E-state index in [2.05, 4.69) is 10.3 Å². The zero-order chi connectivity index (χ0) is 15.5. The Balaban J connectivity index is 1.64. The minimum absolute atomic E-state index is 0.122. The molecule has 1 heterocycles. The largest absolute Gasteiger partial charge is 0.476 e. The molecule has 1 aromatic carbocycles. The molecule has 114 valence electrons. The van der Waals surface area contributed by atoms with E-state index in [-0.39, 0.29) is 17.3 Å². The van der Waals surface area contributed by atoms with E-state index in [1.165, 1.54) is 11.3 Å². The summed E-state index contributed by atoms with van der Waals surface area (Å²) in [6.45, 7) is 0.128. The number of benzene rings is 1. The van der Waals surface area contributed by atoms with Gasteiger partial charge in [-0.15, -0.1) is 0 Å². The van der Waals surface area contributed by atoms with Crippen molar-refractivity contribution in [1.29, 1.82) is 0 Å². The van der Waals surface area contributed by atoms with Gasteiger partial charge in [-0.05, 0) is 18.4 Å². The predicted octanol–water partition coefficient (Wildman–Crippen LogP) is 3.47. The zero-order valence-electron chi connectivity index (χ0n) is 11.6. The maximum absolute atomic E-state index is 11.8. The maximum atomic E-state index is 11.8. The molecule has 0 atom stereocenters. The number of amides is 1. The molecule has 7 heteroatoms. The second-order valence-corrected chi connectivity index (χ2v) is 6.03. The number of carboxylic acids is 1. The molecule has 22 heavy (non-hydrogen) atoms. The SMILES string of the molecule is O=C(Nc1sc(C2CC2)nc1C(=O)O)OCc1ccccc1. The molecule has 2 aromatic rings. The molecule has 2 N–H and O–H groups in total. The first-order valence-electron chi connectivity index (χ1n) is 6.85. The van der Waals surface area contributed by atoms with Gasteiger partial charge in [-0.25, -0.2) is 14.6 Å². The highest BCUT2D eigenvalue weighted by molar-refractivity contribution is 7.16. The van der Waals surface area contributed by atoms with Gasteiger partial charge in [0, 0.05) is 5.92 Å². The smallest absolute Gasteiger partial charge is 0.412 e. The van der Waals surface area contributed by atoms with Gasteiger partial charge in [0.05, 0.1) is 5.01 Å². The molecule has 0 radical (unpaired) electrons. The van der Waals surface area contributed by atoms with Crippen molar-refractivity contribution in [3.8, 4) is 0 Å². The van der Waals surface area contributed by atoms with Gasteiger partial charge in [0.25, 0.3) is 0 Å². The highest BCUT2D eigenvalue weighted by Crippen LogP contribution is 2.44. The molecular weight excluding hydrogens is 304 g/mol. The van der Waals surface area contributed by atoms with E-state index in [4.69, 9.17) is 9.84 Å². The van der Waals surface area contributed by atoms with E-state index in [1.807, 2.05) is 30.3 Å². The topological polar surface area (TPSA) is 88.5 Å². The van der Waals surface area contributed by atoms with E-state index in [1.54, 1.807) is 0 Å². The number of aromatic nitrogens is 1. The van der Waals surface area contributed by atoms with E-state index in [9.17, 15) is 9.59 Å². The lowest BCUT2D eigenvalue weighted by Gasteiger charge is -2.05. The van der Waals surface area contributed by atoms with Crippen LogP contribution in [0.3, 0.4) is 0 Å². The van der Waals surface area contributed by atoms with Crippen LogP contribution in [0, 0.1) is 0 Å². The first-order valence-corrected chi connectivity index (χ1v) is 7.67. The van der Waals surface area contributed by atoms with Crippen LogP contribution in [-0.4, -0.2) is 22.2 Å². The second-order valence-electron chi connectivity index (χ2n) is 5.00. The Morgan fingerprint density at radius 3 is 2.68 bits per heavy atom. The maximum Gasteiger partial charge on any atom is 0.412 e. The molecule has 1 amide bonds. The number of nitrogens with zero attached hydrogens (tertiary/aromatic N) is 1. The number of carbonyl (C=O) groups excluding carboxylic acids is 1. The lowest BCUT2D eigenvalue weighted by Crippen LogP contribution is -2.14. The van der Waals surface area contributed by atoms with Gasteiger partial charge in [0.15, 0.2) is 5.69 Å². The van der Waals surface area contributed by atoms with Crippen LogP contribution < -0.4 is 5.32 Å². The second kappa shape index (κ2) is 6.15. The Hall–Kier alpha value is -2.41. The lowest BCUT2D eigenvalue weighted by molar-refractivity contribution is 0.0692. The summed E-state index contributed by atoms with van der Waals surface area (Å²) in [5.74, 6) is -0.819. The van der Waals surface area contributed by atoms with Gasteiger partial charge in [0.1, 0.15) is 11.6 Å². The number of carbonyl (C=O) groups is 2. The molecular formula is C15H14N2O4S. The van der Waals surface area contributed by atoms with Crippen LogP contribution in [-0.2, 0) is 11.3 Å². The molecule has 6 nitrogen and oxygen atoms in total. The normalized spacial score (nSPS) is 13.6. The third kappa shape index (κ3) is 3.43. The van der Waals surface area contributed by atoms with Crippen LogP contribution in [0.1, 0.15) is 39.8 Å². The van der Waals surface area contributed by atoms with E-state index >= 15 is 0 Å². The van der Waals surface area contributed by atoms with Crippen molar-refractivity contribution in [2.45, 2.75) is 25.4 Å². The van der Waals surface area contributed by atoms with E-state index in [0.717, 1.165) is 23.4 Å². The highest BCUT2D eigenvalue weighted by atomic mass is 32.1. The Morgan fingerprint density at radius 1 is 1.32 bits per heavy atom. The fourth-order valence-electron chi connectivity index (χ4n) is 1.92. The van der Waals surface area contributed by atoms with Crippen LogP contribution in [0.5, 0.6) is 0 Å². The number of hydrogen-bond acceptors (Lipinski definition) is 5. The Bertz CT molecular complexity index is 695. The molecule has 0 bridgehead atoms. The molecule has 0 unspecified atom stereocenters. The molecule has 1 aliphatic rings. The summed E-state index contributed by atoms with van der Waals surface area (Å²) in [6, 6.07) is 9.26. The van der Waals surface area contributed by atoms with E-state index in [0.29, 0.717) is 5.92 Å². The zero-order valence-corrected chi connectivity index (χ0v) is 12.4. The minimum atomic E-state index is -1.15. The van der Waals surface area contributed by atoms with Crippen molar-refractivity contribution < 1.29 is 19.4 Å². The third-order valence-corrected chi connectivity index (χ3v) is 4.33. The predicted molar refractivity (Wildman–Crippen MR) is 81.3 cm³/mol. The number of carboxylic acid groups (broad SMARTS) is 1. The average Bonchev–Trinajstić information content (AvgIpc) is 3.27. The Kier molecular flexibility index (Phi) is 4.06. The summed E-state index contributed by atoms with van der Waals surface area (Å²) >= 11 is 1.20. The summed E-state index contributed by atoms with van der Waals surface area (Å²) in [5, 5.41) is 12.6. The summed E-state index contributed by atoms with van der Waals surface area (Å²) in [7, 11) is 0. The molecule has 3 rings (SSSR count). The first kappa shape index (κ1) is 14.5. The highest BCUT2D eigenvalue weighted by Gasteiger charge is 2.30. The number of ether oxygens (including phenoxy) is 1. The molecule has 0 saturated heterocycles. The summed E-state index contributed by atoms with van der Waals surface area (Å²) in [5.41, 5.74) is 0.739. The van der Waals surface area contributed by atoms with Crippen LogP contribution >= 0.6 is 11.3 Å². The number of hydrogen-bond donors (Lipinski definition) is 2. The number of anilines is 1. The standard InChI is InChI=1S/C15H14N2O4S/c18-14(19)11-13(22-12(16-11)10-6-7-10)17-15(20)21-8-9-4-2-1-3-5-9/h1-5,10H,6-8H2,(H,17,20)(H,18,19). The number of nitrogens with one attached hydrogen (secondary N) is 1. The summed E-state index contributed by atoms with van der Waals surface area (Å²) in [4.78, 5) is 27.1. The monoisotopic (exact) mass is 318 g/mol. The van der Waals surface area contributed by atoms with Gasteiger partial charge in [-0.1, -0.05) is 41.7 Å². The lowest BCUT2D eigenvalue weighted by atomic mass is 10.2. The first-order chi connectivity index (χ1) is 10.6. The van der Waals surface area contributed by atoms with Gasteiger partial charge in [0.2, 0.25) is 0 Å². The van der Waals surface area contributed by atoms with Gasteiger partial charge >= 0.3 is 12.1 Å². The number of aromatic carboxylic acids is 1. The van der Waals surface area contributed by atoms with Crippen molar-refractivity contribution in [2.24, 2.45) is 0 Å². The van der Waals surface area contributed by atoms with Crippen molar-refractivity contribution in [3.05, 3.63) is 46.6 Å². The van der Waals surface area contributed by atoms with Crippen LogP contribution in [0.25, 0.3) is 0 Å². The number of rotatable bonds is 5. The Labute approximate surface area is 130 Å². The molecule has 1 aliphatic carbocycles. The van der Waals surface area contributed by atoms with Crippen molar-refractivity contribution >= 4 is 28.4 Å². The van der Waals surface area contributed by atoms with Gasteiger partial charge in [-0.2, -0.15) is 0 Å². The van der Waals surface area contributed by atoms with Crippen molar-refractivity contribution in [1.82, 2.24) is 4.98 Å². The van der Waals surface area contributed by atoms with E-state index < -0.39 is 12.1 Å². The average molecular weight is 318 g/mol. The van der Waals surface area contributed by atoms with Gasteiger partial charge < -0.3 is 9.84 Å². The summed E-state index contributed by atoms with van der Waals surface area (Å²) < 4.78 is 5.09. The molecule has 1 fully saturated rings. The minimum Gasteiger partial charge on any atom is -0.476 e. The van der Waals surface area contributed by atoms with Crippen molar-refractivity contribution in [2.75, 3.05) is 5.32 Å². The van der Waals surface area contributed by atoms with Crippen LogP contribution in [0.4, 0.5) is 9.80 Å². The molecule has 1 aromatic heterocycles. The third-order valence-electron chi connectivity index (χ3n) is 3.20. The van der Waals surface area contributed by atoms with Gasteiger partial charge in [-0.3, -0.25) is 5.32 Å². The Morgan fingerprint density at radius 2 is 2.05 bits per heavy atom. The fourth-order valence-corrected chi connectivity index (χ4v) is 3.04. The molecule has 0 aliphatic heterocycles. The van der Waals surface area contributed by atoms with Crippen molar-refractivity contribution in [3.63, 3.8) is 0 Å². The van der Waals surface area contributed by atoms with Crippen LogP contribution in [0.15, 0.2) is 30.3 Å². The molecule has 1 saturated carbocycles. The molecule has 0 spiro atoms.